The molecular formula is C28H36F3N5O6. The molecule has 1 amide bonds. The van der Waals surface area contributed by atoms with Crippen LogP contribution in [0.4, 0.5) is 18.9 Å². The van der Waals surface area contributed by atoms with Crippen molar-refractivity contribution in [1.82, 2.24) is 15.1 Å². The molecule has 1 heterocycles. The van der Waals surface area contributed by atoms with Gasteiger partial charge in [-0.1, -0.05) is 29.8 Å². The lowest BCUT2D eigenvalue weighted by Gasteiger charge is -2.36. The molecule has 0 spiro atoms. The van der Waals surface area contributed by atoms with Gasteiger partial charge in [-0.05, 0) is 43.2 Å². The van der Waals surface area contributed by atoms with E-state index in [9.17, 15) is 22.8 Å². The molecule has 0 atom stereocenters. The van der Waals surface area contributed by atoms with E-state index in [0.717, 1.165) is 49.8 Å². The number of carbonyl (C=O) groups is 3. The smallest absolute Gasteiger partial charge is 0.478 e. The number of aliphatic carboxylic acids is 1. The van der Waals surface area contributed by atoms with Crippen LogP contribution in [0.1, 0.15) is 27.9 Å². The van der Waals surface area contributed by atoms with Gasteiger partial charge < -0.3 is 30.5 Å². The van der Waals surface area contributed by atoms with Gasteiger partial charge in [-0.2, -0.15) is 13.2 Å². The molecule has 1 fully saturated rings. The second-order valence-electron chi connectivity index (χ2n) is 9.40. The summed E-state index contributed by atoms with van der Waals surface area (Å²) in [6.07, 6.45) is -4.28. The Hall–Kier alpha value is -4.17. The van der Waals surface area contributed by atoms with Gasteiger partial charge >= 0.3 is 18.1 Å². The van der Waals surface area contributed by atoms with Gasteiger partial charge in [-0.25, -0.2) is 14.6 Å². The third kappa shape index (κ3) is 12.6. The highest BCUT2D eigenvalue weighted by Gasteiger charge is 2.38. The number of guanidine groups is 1. The molecule has 11 nitrogen and oxygen atoms in total. The quantitative estimate of drug-likeness (QED) is 0.185. The molecule has 0 aliphatic carbocycles. The number of hydrogen-bond acceptors (Lipinski definition) is 6. The Labute approximate surface area is 242 Å². The molecule has 2 aromatic carbocycles. The van der Waals surface area contributed by atoms with Gasteiger partial charge in [0.05, 0.1) is 18.7 Å². The number of aryl methyl sites for hydroxylation is 1. The summed E-state index contributed by atoms with van der Waals surface area (Å²) in [7, 11) is 1.65. The number of aliphatic imine (C=N–C) groups is 1. The van der Waals surface area contributed by atoms with Crippen LogP contribution in [-0.4, -0.2) is 103 Å². The number of carboxylic acid groups (broad SMARTS) is 2. The third-order valence-electron chi connectivity index (χ3n) is 6.05. The fraction of sp³-hybridized carbons (Fsp3) is 0.429. The van der Waals surface area contributed by atoms with Gasteiger partial charge in [0.25, 0.3) is 0 Å². The standard InChI is InChI=1S/C26H35N5O4.C2HF3O2/c1-20-4-6-21(7-5-20)18-28-26(29-23-10-8-22(9-11-23)25(33)34)31-15-13-30(14-16-31)19-24(32)27-12-3-17-35-2;3-2(4,5)1(6)7/h4-11H,3,12-19H2,1-2H3,(H,27,32)(H,28,29)(H,33,34);(H,6,7). The number of benzene rings is 2. The monoisotopic (exact) mass is 595 g/mol. The van der Waals surface area contributed by atoms with Crippen molar-refractivity contribution in [2.24, 2.45) is 4.99 Å². The maximum atomic E-state index is 12.2. The molecule has 0 unspecified atom stereocenters. The number of halogens is 3. The number of amides is 1. The van der Waals surface area contributed by atoms with E-state index in [-0.39, 0.29) is 11.5 Å². The molecule has 0 radical (unpaired) electrons. The third-order valence-corrected chi connectivity index (χ3v) is 6.05. The van der Waals surface area contributed by atoms with Gasteiger partial charge in [-0.15, -0.1) is 0 Å². The predicted octanol–water partition coefficient (Wildman–Crippen LogP) is 3.06. The number of alkyl halides is 3. The molecule has 3 rings (SSSR count). The summed E-state index contributed by atoms with van der Waals surface area (Å²) in [5, 5.41) is 22.6. The number of piperazine rings is 1. The Bertz CT molecular complexity index is 1180. The van der Waals surface area contributed by atoms with E-state index >= 15 is 0 Å². The van der Waals surface area contributed by atoms with Crippen molar-refractivity contribution in [2.45, 2.75) is 26.1 Å². The van der Waals surface area contributed by atoms with Gasteiger partial charge in [-0.3, -0.25) is 9.69 Å². The maximum absolute atomic E-state index is 12.2. The maximum Gasteiger partial charge on any atom is 0.490 e. The summed E-state index contributed by atoms with van der Waals surface area (Å²) in [6, 6.07) is 14.9. The van der Waals surface area contributed by atoms with Crippen molar-refractivity contribution in [3.05, 3.63) is 65.2 Å². The van der Waals surface area contributed by atoms with Crippen LogP contribution in [0.5, 0.6) is 0 Å². The van der Waals surface area contributed by atoms with E-state index in [4.69, 9.17) is 24.7 Å². The summed E-state index contributed by atoms with van der Waals surface area (Å²) in [6.45, 7) is 7.15. The Morgan fingerprint density at radius 2 is 1.57 bits per heavy atom. The van der Waals surface area contributed by atoms with Gasteiger partial charge in [0.2, 0.25) is 5.91 Å². The molecule has 0 aromatic heterocycles. The number of carboxylic acids is 2. The number of anilines is 1. The first-order chi connectivity index (χ1) is 19.9. The van der Waals surface area contributed by atoms with Crippen molar-refractivity contribution in [3.8, 4) is 0 Å². The average molecular weight is 596 g/mol. The minimum absolute atomic E-state index is 0.0273. The van der Waals surface area contributed by atoms with Crippen molar-refractivity contribution in [1.29, 1.82) is 0 Å². The second kappa shape index (κ2) is 16.9. The lowest BCUT2D eigenvalue weighted by Crippen LogP contribution is -2.52. The average Bonchev–Trinajstić information content (AvgIpc) is 2.95. The van der Waals surface area contributed by atoms with Crippen molar-refractivity contribution in [2.75, 3.05) is 58.3 Å². The van der Waals surface area contributed by atoms with Crippen LogP contribution < -0.4 is 10.6 Å². The van der Waals surface area contributed by atoms with Crippen LogP contribution in [-0.2, 0) is 20.9 Å². The van der Waals surface area contributed by atoms with Gasteiger partial charge in [0.1, 0.15) is 0 Å². The number of nitrogens with zero attached hydrogens (tertiary/aromatic N) is 3. The number of nitrogens with one attached hydrogen (secondary N) is 2. The van der Waals surface area contributed by atoms with Crippen LogP contribution in [0, 0.1) is 6.92 Å². The summed E-state index contributed by atoms with van der Waals surface area (Å²) in [5.74, 6) is -2.95. The summed E-state index contributed by atoms with van der Waals surface area (Å²) >= 11 is 0. The second-order valence-corrected chi connectivity index (χ2v) is 9.40. The lowest BCUT2D eigenvalue weighted by molar-refractivity contribution is -0.192. The first kappa shape index (κ1) is 34.0. The number of hydrogen-bond donors (Lipinski definition) is 4. The molecule has 4 N–H and O–H groups in total. The molecule has 1 aliphatic heterocycles. The van der Waals surface area contributed by atoms with Crippen LogP contribution >= 0.6 is 0 Å². The molecular weight excluding hydrogens is 559 g/mol. The fourth-order valence-corrected chi connectivity index (χ4v) is 3.72. The minimum Gasteiger partial charge on any atom is -0.478 e. The topological polar surface area (TPSA) is 144 Å². The lowest BCUT2D eigenvalue weighted by atomic mass is 10.1. The van der Waals surface area contributed by atoms with E-state index in [0.29, 0.717) is 26.2 Å². The normalized spacial score (nSPS) is 14.0. The number of carbonyl (C=O) groups excluding carboxylic acids is 1. The Morgan fingerprint density at radius 3 is 2.10 bits per heavy atom. The van der Waals surface area contributed by atoms with Crippen LogP contribution in [0.25, 0.3) is 0 Å². The SMILES string of the molecule is COCCCNC(=O)CN1CCN(C(=NCc2ccc(C)cc2)Nc2ccc(C(=O)O)cc2)CC1.O=C(O)C(F)(F)F. The fourth-order valence-electron chi connectivity index (χ4n) is 3.72. The highest BCUT2D eigenvalue weighted by Crippen LogP contribution is 2.14. The zero-order valence-corrected chi connectivity index (χ0v) is 23.5. The van der Waals surface area contributed by atoms with Crippen LogP contribution in [0.2, 0.25) is 0 Å². The van der Waals surface area contributed by atoms with E-state index in [1.165, 1.54) is 5.56 Å². The zero-order chi connectivity index (χ0) is 31.1. The predicted molar refractivity (Wildman–Crippen MR) is 151 cm³/mol. The Kier molecular flexibility index (Phi) is 13.7. The zero-order valence-electron chi connectivity index (χ0n) is 23.5. The highest BCUT2D eigenvalue weighted by atomic mass is 19.4. The van der Waals surface area contributed by atoms with E-state index in [1.54, 1.807) is 31.4 Å². The molecule has 230 valence electrons. The number of ether oxygens (including phenoxy) is 1. The largest absolute Gasteiger partial charge is 0.490 e. The van der Waals surface area contributed by atoms with Crippen molar-refractivity contribution in [3.63, 3.8) is 0 Å². The van der Waals surface area contributed by atoms with Crippen LogP contribution in [0.3, 0.4) is 0 Å². The molecule has 42 heavy (non-hydrogen) atoms. The van der Waals surface area contributed by atoms with Crippen LogP contribution in [0.15, 0.2) is 53.5 Å². The molecule has 0 bridgehead atoms. The number of methoxy groups -OCH3 is 1. The van der Waals surface area contributed by atoms with Gasteiger partial charge in [0.15, 0.2) is 5.96 Å². The Morgan fingerprint density at radius 1 is 0.976 bits per heavy atom. The first-order valence-electron chi connectivity index (χ1n) is 13.1. The number of rotatable bonds is 10. The minimum atomic E-state index is -5.08. The van der Waals surface area contributed by atoms with E-state index < -0.39 is 18.1 Å². The van der Waals surface area contributed by atoms with Crippen molar-refractivity contribution < 1.29 is 42.5 Å². The van der Waals surface area contributed by atoms with E-state index in [2.05, 4.69) is 51.6 Å². The summed E-state index contributed by atoms with van der Waals surface area (Å²) in [4.78, 5) is 41.4. The first-order valence-corrected chi connectivity index (χ1v) is 13.1. The molecule has 2 aromatic rings. The Balaban J connectivity index is 0.000000782. The highest BCUT2D eigenvalue weighted by molar-refractivity contribution is 5.94. The van der Waals surface area contributed by atoms with Gasteiger partial charge in [0, 0.05) is 52.1 Å². The molecule has 1 saturated heterocycles. The summed E-state index contributed by atoms with van der Waals surface area (Å²) < 4.78 is 36.7. The molecule has 1 aliphatic rings. The van der Waals surface area contributed by atoms with Crippen molar-refractivity contribution >= 4 is 29.5 Å². The number of aromatic carboxylic acids is 1. The molecule has 0 saturated carbocycles. The molecule has 14 heteroatoms. The van der Waals surface area contributed by atoms with E-state index in [1.807, 2.05) is 0 Å². The summed E-state index contributed by atoms with van der Waals surface area (Å²) in [5.41, 5.74) is 3.33.